The molecule has 2 aromatic carbocycles. The molecular weight excluding hydrogens is 330 g/mol. The number of rotatable bonds is 4. The van der Waals surface area contributed by atoms with E-state index in [1.165, 1.54) is 33.7 Å². The van der Waals surface area contributed by atoms with E-state index < -0.39 is 11.6 Å². The van der Waals surface area contributed by atoms with E-state index in [1.807, 2.05) is 30.3 Å². The van der Waals surface area contributed by atoms with Gasteiger partial charge in [-0.2, -0.15) is 0 Å². The minimum absolute atomic E-state index is 0.201. The molecular formula is C16H13N3O4S. The van der Waals surface area contributed by atoms with Crippen LogP contribution in [0.3, 0.4) is 0 Å². The third kappa shape index (κ3) is 3.05. The van der Waals surface area contributed by atoms with E-state index in [1.54, 1.807) is 0 Å². The maximum Gasteiger partial charge on any atom is 0.346 e. The lowest BCUT2D eigenvalue weighted by Crippen LogP contribution is -2.28. The number of benzene rings is 2. The van der Waals surface area contributed by atoms with Crippen LogP contribution < -0.4 is 16.0 Å². The van der Waals surface area contributed by atoms with Crippen molar-refractivity contribution in [3.05, 3.63) is 85.9 Å². The molecule has 0 fully saturated rings. The molecule has 122 valence electrons. The first-order valence-corrected chi connectivity index (χ1v) is 7.79. The van der Waals surface area contributed by atoms with Crippen molar-refractivity contribution in [3.8, 4) is 5.69 Å². The Morgan fingerprint density at radius 2 is 1.71 bits per heavy atom. The average molecular weight is 343 g/mol. The van der Waals surface area contributed by atoms with Crippen molar-refractivity contribution >= 4 is 17.4 Å². The van der Waals surface area contributed by atoms with Crippen molar-refractivity contribution in [2.75, 3.05) is 0 Å². The molecule has 0 bridgehead atoms. The molecule has 0 spiro atoms. The van der Waals surface area contributed by atoms with Crippen LogP contribution in [0.2, 0.25) is 0 Å². The number of amides is 1. The fourth-order valence-electron chi connectivity index (χ4n) is 2.23. The first-order valence-electron chi connectivity index (χ1n) is 7.02. The van der Waals surface area contributed by atoms with E-state index in [9.17, 15) is 14.4 Å². The van der Waals surface area contributed by atoms with Crippen LogP contribution in [0.1, 0.15) is 15.9 Å². The van der Waals surface area contributed by atoms with Crippen LogP contribution in [-0.2, 0) is 6.54 Å². The van der Waals surface area contributed by atoms with Gasteiger partial charge >= 0.3 is 10.6 Å². The number of hydrogen-bond donors (Lipinski definition) is 2. The van der Waals surface area contributed by atoms with E-state index in [-0.39, 0.29) is 17.0 Å². The third-order valence-electron chi connectivity index (χ3n) is 3.44. The lowest BCUT2D eigenvalue weighted by Gasteiger charge is -2.03. The Kier molecular flexibility index (Phi) is 4.41. The molecule has 3 rings (SSSR count). The number of nitrogens with one attached hydrogen (secondary N) is 1. The summed E-state index contributed by atoms with van der Waals surface area (Å²) in [4.78, 5) is 35.6. The van der Waals surface area contributed by atoms with Crippen LogP contribution in [-0.4, -0.2) is 19.6 Å². The second kappa shape index (κ2) is 6.65. The Balaban J connectivity index is 1.96. The molecule has 7 nitrogen and oxygen atoms in total. The first kappa shape index (κ1) is 15.9. The van der Waals surface area contributed by atoms with Crippen LogP contribution in [0.5, 0.6) is 0 Å². The van der Waals surface area contributed by atoms with E-state index in [0.29, 0.717) is 5.69 Å². The lowest BCUT2D eigenvalue weighted by atomic mass is 10.2. The molecule has 0 atom stereocenters. The summed E-state index contributed by atoms with van der Waals surface area (Å²) in [5, 5.41) is 8.60. The molecule has 1 heterocycles. The van der Waals surface area contributed by atoms with Gasteiger partial charge in [-0.1, -0.05) is 30.3 Å². The number of carbonyl (C=O) groups is 1. The Labute approximate surface area is 140 Å². The normalized spacial score (nSPS) is 10.5. The maximum atomic E-state index is 12.5. The number of nitrogens with zero attached hydrogens (tertiary/aromatic N) is 2. The van der Waals surface area contributed by atoms with Gasteiger partial charge in [-0.3, -0.25) is 14.8 Å². The molecule has 1 aromatic heterocycles. The summed E-state index contributed by atoms with van der Waals surface area (Å²) < 4.78 is 2.43. The van der Waals surface area contributed by atoms with Gasteiger partial charge < -0.3 is 0 Å². The first-order chi connectivity index (χ1) is 11.6. The largest absolute Gasteiger partial charge is 0.346 e. The van der Waals surface area contributed by atoms with Gasteiger partial charge in [0, 0.05) is 17.1 Å². The highest BCUT2D eigenvalue weighted by Gasteiger charge is 2.13. The maximum absolute atomic E-state index is 12.5. The van der Waals surface area contributed by atoms with Gasteiger partial charge in [0.2, 0.25) is 0 Å². The van der Waals surface area contributed by atoms with Crippen LogP contribution in [0.25, 0.3) is 5.69 Å². The summed E-state index contributed by atoms with van der Waals surface area (Å²) in [6.07, 6.45) is 0. The van der Waals surface area contributed by atoms with Crippen LogP contribution in [0, 0.1) is 0 Å². The van der Waals surface area contributed by atoms with Crippen molar-refractivity contribution in [1.29, 1.82) is 0 Å². The average Bonchev–Trinajstić information content (AvgIpc) is 2.90. The number of carbonyl (C=O) groups excluding carboxylic acids is 1. The SMILES string of the molecule is O=C(NO)c1ccc(-n2sc(=O)n(Cc3ccccc3)c2=O)cc1. The standard InChI is InChI=1S/C16H13N3O4S/c20-14(17-23)12-6-8-13(9-7-12)19-15(21)18(16(22)24-19)10-11-4-2-1-3-5-11/h1-9,23H,10H2,(H,17,20). The minimum atomic E-state index is -0.649. The van der Waals surface area contributed by atoms with Crippen molar-refractivity contribution < 1.29 is 10.0 Å². The van der Waals surface area contributed by atoms with Gasteiger partial charge in [-0.25, -0.2) is 18.8 Å². The van der Waals surface area contributed by atoms with Crippen molar-refractivity contribution in [2.24, 2.45) is 0 Å². The Morgan fingerprint density at radius 3 is 2.33 bits per heavy atom. The van der Waals surface area contributed by atoms with Gasteiger partial charge in [-0.05, 0) is 29.8 Å². The van der Waals surface area contributed by atoms with E-state index in [0.717, 1.165) is 21.7 Å². The third-order valence-corrected chi connectivity index (χ3v) is 4.37. The number of hydroxylamine groups is 1. The van der Waals surface area contributed by atoms with Gasteiger partial charge in [0.15, 0.2) is 0 Å². The predicted molar refractivity (Wildman–Crippen MR) is 89.0 cm³/mol. The fourth-order valence-corrected chi connectivity index (χ4v) is 3.03. The molecule has 0 unspecified atom stereocenters. The van der Waals surface area contributed by atoms with E-state index >= 15 is 0 Å². The van der Waals surface area contributed by atoms with Crippen LogP contribution in [0.15, 0.2) is 64.2 Å². The van der Waals surface area contributed by atoms with Gasteiger partial charge in [0.25, 0.3) is 5.91 Å². The molecule has 2 N–H and O–H groups in total. The molecule has 0 radical (unpaired) electrons. The Morgan fingerprint density at radius 1 is 1.04 bits per heavy atom. The molecule has 24 heavy (non-hydrogen) atoms. The molecule has 3 aromatic rings. The summed E-state index contributed by atoms with van der Waals surface area (Å²) >= 11 is 0.795. The van der Waals surface area contributed by atoms with Gasteiger partial charge in [-0.15, -0.1) is 0 Å². The van der Waals surface area contributed by atoms with Gasteiger partial charge in [0.05, 0.1) is 12.2 Å². The summed E-state index contributed by atoms with van der Waals surface area (Å²) in [7, 11) is 0. The topological polar surface area (TPSA) is 93.3 Å². The summed E-state index contributed by atoms with van der Waals surface area (Å²) in [5.74, 6) is -0.649. The highest BCUT2D eigenvalue weighted by Crippen LogP contribution is 2.09. The predicted octanol–water partition coefficient (Wildman–Crippen LogP) is 1.23. The zero-order valence-corrected chi connectivity index (χ0v) is 13.2. The summed E-state index contributed by atoms with van der Waals surface area (Å²) in [6.45, 7) is 0.201. The fraction of sp³-hybridized carbons (Fsp3) is 0.0625. The van der Waals surface area contributed by atoms with Crippen molar-refractivity contribution in [3.63, 3.8) is 0 Å². The molecule has 8 heteroatoms. The van der Waals surface area contributed by atoms with Gasteiger partial charge in [0.1, 0.15) is 0 Å². The molecule has 0 saturated heterocycles. The van der Waals surface area contributed by atoms with E-state index in [2.05, 4.69) is 0 Å². The Hall–Kier alpha value is -2.97. The zero-order valence-electron chi connectivity index (χ0n) is 12.4. The molecule has 0 aliphatic rings. The highest BCUT2D eigenvalue weighted by atomic mass is 32.1. The van der Waals surface area contributed by atoms with Crippen LogP contribution >= 0.6 is 11.5 Å². The van der Waals surface area contributed by atoms with E-state index in [4.69, 9.17) is 5.21 Å². The zero-order chi connectivity index (χ0) is 17.1. The minimum Gasteiger partial charge on any atom is -0.288 e. The second-order valence-electron chi connectivity index (χ2n) is 4.99. The number of aromatic nitrogens is 2. The Bertz CT molecular complexity index is 971. The molecule has 0 saturated carbocycles. The van der Waals surface area contributed by atoms with Crippen molar-refractivity contribution in [1.82, 2.24) is 14.0 Å². The highest BCUT2D eigenvalue weighted by molar-refractivity contribution is 7.03. The molecule has 0 aliphatic heterocycles. The quantitative estimate of drug-likeness (QED) is 0.550. The molecule has 0 aliphatic carbocycles. The number of hydrogen-bond acceptors (Lipinski definition) is 5. The molecule has 1 amide bonds. The second-order valence-corrected chi connectivity index (χ2v) is 5.89. The monoisotopic (exact) mass is 343 g/mol. The summed E-state index contributed by atoms with van der Waals surface area (Å²) in [6, 6.07) is 15.2. The summed E-state index contributed by atoms with van der Waals surface area (Å²) in [5.41, 5.74) is 2.67. The van der Waals surface area contributed by atoms with Crippen LogP contribution in [0.4, 0.5) is 0 Å². The lowest BCUT2D eigenvalue weighted by molar-refractivity contribution is 0.0706. The van der Waals surface area contributed by atoms with Crippen molar-refractivity contribution in [2.45, 2.75) is 6.54 Å². The smallest absolute Gasteiger partial charge is 0.288 e.